The van der Waals surface area contributed by atoms with E-state index in [1.165, 1.54) is 17.0 Å². The van der Waals surface area contributed by atoms with Crippen LogP contribution < -0.4 is 10.1 Å². The van der Waals surface area contributed by atoms with Crippen LogP contribution >= 0.6 is 11.3 Å². The number of halogens is 1. The third-order valence-corrected chi connectivity index (χ3v) is 6.70. The zero-order valence-electron chi connectivity index (χ0n) is 17.7. The lowest BCUT2D eigenvalue weighted by atomic mass is 10.0. The molecule has 1 N–H and O–H groups in total. The van der Waals surface area contributed by atoms with Crippen molar-refractivity contribution in [3.8, 4) is 5.75 Å². The van der Waals surface area contributed by atoms with Gasteiger partial charge in [-0.2, -0.15) is 0 Å². The second-order valence-electron chi connectivity index (χ2n) is 8.01. The maximum atomic E-state index is 13.5. The summed E-state index contributed by atoms with van der Waals surface area (Å²) in [4.78, 5) is 30.6. The van der Waals surface area contributed by atoms with Crippen LogP contribution in [-0.2, 0) is 11.2 Å². The highest BCUT2D eigenvalue weighted by atomic mass is 32.1. The lowest BCUT2D eigenvalue weighted by Crippen LogP contribution is -2.50. The maximum Gasteiger partial charge on any atom is 0.318 e. The smallest absolute Gasteiger partial charge is 0.318 e. The minimum Gasteiger partial charge on any atom is -0.491 e. The standard InChI is InChI=1S/C23H28FN3O3S/c1-2-10-25-23(29)27(17-6-7-17)14-22(28)26-11-8-21-19(9-12-31-21)20(26)15-30-18-5-3-4-16(24)13-18/h3-5,9,12-13,17,20H,2,6-8,10-11,14-15H2,1H3,(H,25,29)/t20-/m1/s1. The van der Waals surface area contributed by atoms with Crippen LogP contribution in [0.25, 0.3) is 0 Å². The molecule has 0 radical (unpaired) electrons. The molecule has 31 heavy (non-hydrogen) atoms. The summed E-state index contributed by atoms with van der Waals surface area (Å²) in [6.45, 7) is 3.49. The SMILES string of the molecule is CCCNC(=O)N(CC(=O)N1CCc2sccc2[C@H]1COc1cccc(F)c1)C1CC1. The van der Waals surface area contributed by atoms with Crippen LogP contribution in [0.3, 0.4) is 0 Å². The fourth-order valence-electron chi connectivity index (χ4n) is 3.93. The van der Waals surface area contributed by atoms with Crippen LogP contribution in [-0.4, -0.2) is 54.0 Å². The zero-order chi connectivity index (χ0) is 21.8. The summed E-state index contributed by atoms with van der Waals surface area (Å²) in [5.74, 6) is 0.00000831. The molecule has 8 heteroatoms. The van der Waals surface area contributed by atoms with E-state index in [-0.39, 0.29) is 43.0 Å². The number of fused-ring (bicyclic) bond motifs is 1. The molecule has 2 heterocycles. The first-order valence-corrected chi connectivity index (χ1v) is 11.7. The lowest BCUT2D eigenvalue weighted by Gasteiger charge is -2.37. The Bertz CT molecular complexity index is 930. The highest BCUT2D eigenvalue weighted by Crippen LogP contribution is 2.34. The number of thiophene rings is 1. The number of benzene rings is 1. The number of nitrogens with zero attached hydrogens (tertiary/aromatic N) is 2. The first kappa shape index (κ1) is 21.6. The third kappa shape index (κ3) is 5.18. The molecule has 0 spiro atoms. The van der Waals surface area contributed by atoms with Crippen molar-refractivity contribution in [1.29, 1.82) is 0 Å². The van der Waals surface area contributed by atoms with Crippen LogP contribution in [0.15, 0.2) is 35.7 Å². The first-order valence-electron chi connectivity index (χ1n) is 10.9. The first-order chi connectivity index (χ1) is 15.1. The van der Waals surface area contributed by atoms with E-state index >= 15 is 0 Å². The molecule has 6 nitrogen and oxygen atoms in total. The number of urea groups is 1. The quantitative estimate of drug-likeness (QED) is 0.669. The lowest BCUT2D eigenvalue weighted by molar-refractivity contribution is -0.135. The Morgan fingerprint density at radius 3 is 2.90 bits per heavy atom. The van der Waals surface area contributed by atoms with Gasteiger partial charge >= 0.3 is 6.03 Å². The van der Waals surface area contributed by atoms with E-state index in [2.05, 4.69) is 5.32 Å². The molecule has 4 rings (SSSR count). The molecular weight excluding hydrogens is 417 g/mol. The number of hydrogen-bond acceptors (Lipinski definition) is 4. The number of rotatable bonds is 8. The van der Waals surface area contributed by atoms with E-state index in [0.29, 0.717) is 18.8 Å². The van der Waals surface area contributed by atoms with E-state index in [9.17, 15) is 14.0 Å². The average molecular weight is 446 g/mol. The van der Waals surface area contributed by atoms with Gasteiger partial charge in [0.15, 0.2) is 0 Å². The van der Waals surface area contributed by atoms with Crippen molar-refractivity contribution < 1.29 is 18.7 Å². The van der Waals surface area contributed by atoms with Gasteiger partial charge in [0.2, 0.25) is 5.91 Å². The highest BCUT2D eigenvalue weighted by molar-refractivity contribution is 7.10. The van der Waals surface area contributed by atoms with E-state index in [1.807, 2.05) is 23.3 Å². The summed E-state index contributed by atoms with van der Waals surface area (Å²) in [6, 6.07) is 7.78. The van der Waals surface area contributed by atoms with Crippen LogP contribution in [0.2, 0.25) is 0 Å². The molecule has 166 valence electrons. The Kier molecular flexibility index (Phi) is 6.75. The fourth-order valence-corrected chi connectivity index (χ4v) is 4.86. The molecule has 1 aromatic carbocycles. The van der Waals surface area contributed by atoms with Crippen molar-refractivity contribution in [3.05, 3.63) is 52.0 Å². The van der Waals surface area contributed by atoms with Crippen LogP contribution in [0.5, 0.6) is 5.75 Å². The molecule has 0 unspecified atom stereocenters. The second kappa shape index (κ2) is 9.68. The molecule has 1 aliphatic carbocycles. The number of nitrogens with one attached hydrogen (secondary N) is 1. The monoisotopic (exact) mass is 445 g/mol. The molecule has 1 aliphatic heterocycles. The predicted molar refractivity (Wildman–Crippen MR) is 118 cm³/mol. The molecule has 1 saturated carbocycles. The number of carbonyl (C=O) groups excluding carboxylic acids is 2. The Morgan fingerprint density at radius 1 is 1.32 bits per heavy atom. The van der Waals surface area contributed by atoms with Crippen molar-refractivity contribution in [2.24, 2.45) is 0 Å². The zero-order valence-corrected chi connectivity index (χ0v) is 18.5. The van der Waals surface area contributed by atoms with Gasteiger partial charge in [0.05, 0.1) is 6.04 Å². The van der Waals surface area contributed by atoms with Crippen molar-refractivity contribution in [2.45, 2.75) is 44.7 Å². The number of amides is 3. The molecule has 2 aliphatic rings. The summed E-state index contributed by atoms with van der Waals surface area (Å²) in [5.41, 5.74) is 1.08. The third-order valence-electron chi connectivity index (χ3n) is 5.70. The number of hydrogen-bond donors (Lipinski definition) is 1. The van der Waals surface area contributed by atoms with Crippen molar-refractivity contribution in [2.75, 3.05) is 26.2 Å². The minimum atomic E-state index is -0.358. The van der Waals surface area contributed by atoms with Gasteiger partial charge in [-0.25, -0.2) is 9.18 Å². The highest BCUT2D eigenvalue weighted by Gasteiger charge is 2.37. The summed E-state index contributed by atoms with van der Waals surface area (Å²) in [5, 5.41) is 4.92. The molecule has 0 bridgehead atoms. The Hall–Kier alpha value is -2.61. The Labute approximate surface area is 186 Å². The van der Waals surface area contributed by atoms with Crippen LogP contribution in [0, 0.1) is 5.82 Å². The van der Waals surface area contributed by atoms with Gasteiger partial charge in [-0.05, 0) is 54.8 Å². The van der Waals surface area contributed by atoms with E-state index < -0.39 is 0 Å². The minimum absolute atomic E-state index is 0.0656. The average Bonchev–Trinajstić information content (AvgIpc) is 3.49. The Morgan fingerprint density at radius 2 is 2.16 bits per heavy atom. The number of carbonyl (C=O) groups is 2. The normalized spacial score (nSPS) is 17.7. The summed E-state index contributed by atoms with van der Waals surface area (Å²) in [7, 11) is 0. The van der Waals surface area contributed by atoms with Gasteiger partial charge in [0.1, 0.15) is 24.7 Å². The van der Waals surface area contributed by atoms with Gasteiger partial charge < -0.3 is 19.9 Å². The van der Waals surface area contributed by atoms with Gasteiger partial charge in [0, 0.05) is 30.1 Å². The van der Waals surface area contributed by atoms with Crippen molar-refractivity contribution in [3.63, 3.8) is 0 Å². The molecule has 1 atom stereocenters. The van der Waals surface area contributed by atoms with Crippen molar-refractivity contribution in [1.82, 2.24) is 15.1 Å². The molecule has 1 fully saturated rings. The van der Waals surface area contributed by atoms with Gasteiger partial charge in [-0.3, -0.25) is 4.79 Å². The van der Waals surface area contributed by atoms with E-state index in [4.69, 9.17) is 4.74 Å². The van der Waals surface area contributed by atoms with E-state index in [0.717, 1.165) is 31.2 Å². The summed E-state index contributed by atoms with van der Waals surface area (Å²) < 4.78 is 19.4. The molecular formula is C23H28FN3O3S. The fraction of sp³-hybridized carbons (Fsp3) is 0.478. The summed E-state index contributed by atoms with van der Waals surface area (Å²) >= 11 is 1.68. The molecule has 3 amide bonds. The molecule has 1 aromatic heterocycles. The second-order valence-corrected chi connectivity index (χ2v) is 9.01. The Balaban J connectivity index is 1.48. The van der Waals surface area contributed by atoms with Gasteiger partial charge in [-0.1, -0.05) is 13.0 Å². The molecule has 0 saturated heterocycles. The van der Waals surface area contributed by atoms with Gasteiger partial charge in [0.25, 0.3) is 0 Å². The maximum absolute atomic E-state index is 13.5. The topological polar surface area (TPSA) is 61.9 Å². The van der Waals surface area contributed by atoms with Gasteiger partial charge in [-0.15, -0.1) is 11.3 Å². The largest absolute Gasteiger partial charge is 0.491 e. The van der Waals surface area contributed by atoms with Crippen LogP contribution in [0.1, 0.15) is 42.7 Å². The molecule has 2 aromatic rings. The predicted octanol–water partition coefficient (Wildman–Crippen LogP) is 3.98. The van der Waals surface area contributed by atoms with E-state index in [1.54, 1.807) is 28.4 Å². The number of ether oxygens (including phenoxy) is 1. The van der Waals surface area contributed by atoms with Crippen molar-refractivity contribution >= 4 is 23.3 Å². The summed E-state index contributed by atoms with van der Waals surface area (Å²) in [6.07, 6.45) is 3.52. The van der Waals surface area contributed by atoms with Crippen LogP contribution in [0.4, 0.5) is 9.18 Å².